The molecule has 0 atom stereocenters. The number of rotatable bonds is 5. The predicted molar refractivity (Wildman–Crippen MR) is 110 cm³/mol. The minimum Gasteiger partial charge on any atom is -0.462 e. The Balaban J connectivity index is 1.66. The molecule has 0 unspecified atom stereocenters. The summed E-state index contributed by atoms with van der Waals surface area (Å²) in [6.07, 6.45) is 3.18. The molecule has 0 saturated carbocycles. The molecule has 28 heavy (non-hydrogen) atoms. The van der Waals surface area contributed by atoms with Crippen molar-refractivity contribution in [1.29, 1.82) is 0 Å². The number of esters is 1. The molecule has 0 bridgehead atoms. The van der Waals surface area contributed by atoms with E-state index in [0.717, 1.165) is 19.3 Å². The highest BCUT2D eigenvalue weighted by atomic mass is 32.1. The van der Waals surface area contributed by atoms with Crippen LogP contribution < -0.4 is 5.32 Å². The molecule has 144 valence electrons. The SMILES string of the molecule is CCOC(=O)c1c(-c2ccc(F)cc2)csc1NC(=O)c1cc2c(s1)CCC2. The van der Waals surface area contributed by atoms with Crippen LogP contribution in [0.3, 0.4) is 0 Å². The molecule has 1 aliphatic rings. The predicted octanol–water partition coefficient (Wildman–Crippen LogP) is 5.53. The average Bonchev–Trinajstić information content (AvgIpc) is 3.37. The van der Waals surface area contributed by atoms with Crippen LogP contribution in [-0.2, 0) is 17.6 Å². The van der Waals surface area contributed by atoms with Crippen LogP contribution in [-0.4, -0.2) is 18.5 Å². The van der Waals surface area contributed by atoms with Gasteiger partial charge in [0.25, 0.3) is 5.91 Å². The zero-order chi connectivity index (χ0) is 19.7. The van der Waals surface area contributed by atoms with E-state index in [2.05, 4.69) is 5.32 Å². The van der Waals surface area contributed by atoms with Crippen LogP contribution in [0.5, 0.6) is 0 Å². The number of halogens is 1. The molecule has 1 aliphatic carbocycles. The van der Waals surface area contributed by atoms with Gasteiger partial charge in [-0.1, -0.05) is 12.1 Å². The molecule has 3 aromatic rings. The van der Waals surface area contributed by atoms with Crippen LogP contribution in [0.15, 0.2) is 35.7 Å². The summed E-state index contributed by atoms with van der Waals surface area (Å²) in [5.41, 5.74) is 2.86. The number of fused-ring (bicyclic) bond motifs is 1. The number of hydrogen-bond acceptors (Lipinski definition) is 5. The molecule has 2 heterocycles. The highest BCUT2D eigenvalue weighted by molar-refractivity contribution is 7.16. The zero-order valence-electron chi connectivity index (χ0n) is 15.2. The molecule has 0 spiro atoms. The molecule has 0 radical (unpaired) electrons. The first-order chi connectivity index (χ1) is 13.6. The van der Waals surface area contributed by atoms with E-state index in [4.69, 9.17) is 4.74 Å². The van der Waals surface area contributed by atoms with Gasteiger partial charge in [0.05, 0.1) is 11.5 Å². The Morgan fingerprint density at radius 2 is 2.00 bits per heavy atom. The zero-order valence-corrected chi connectivity index (χ0v) is 16.8. The molecule has 0 aliphatic heterocycles. The van der Waals surface area contributed by atoms with Gasteiger partial charge < -0.3 is 10.1 Å². The standard InChI is InChI=1S/C21H18FNO3S2/c1-2-26-21(25)18-15(12-6-8-14(22)9-7-12)11-27-20(18)23-19(24)17-10-13-4-3-5-16(13)28-17/h6-11H,2-5H2,1H3,(H,23,24). The Morgan fingerprint density at radius 3 is 2.71 bits per heavy atom. The summed E-state index contributed by atoms with van der Waals surface area (Å²) in [6, 6.07) is 7.84. The highest BCUT2D eigenvalue weighted by Gasteiger charge is 2.24. The van der Waals surface area contributed by atoms with Gasteiger partial charge >= 0.3 is 5.97 Å². The maximum absolute atomic E-state index is 13.3. The molecule has 0 fully saturated rings. The summed E-state index contributed by atoms with van der Waals surface area (Å²) in [7, 11) is 0. The highest BCUT2D eigenvalue weighted by Crippen LogP contribution is 2.37. The van der Waals surface area contributed by atoms with Crippen molar-refractivity contribution < 1.29 is 18.7 Å². The fourth-order valence-corrected chi connectivity index (χ4v) is 5.40. The van der Waals surface area contributed by atoms with Crippen LogP contribution >= 0.6 is 22.7 Å². The van der Waals surface area contributed by atoms with E-state index in [0.29, 0.717) is 26.6 Å². The molecular formula is C21H18FNO3S2. The Kier molecular flexibility index (Phi) is 5.28. The Hall–Kier alpha value is -2.51. The third kappa shape index (κ3) is 3.59. The van der Waals surface area contributed by atoms with Crippen LogP contribution in [0.4, 0.5) is 9.39 Å². The van der Waals surface area contributed by atoms with Gasteiger partial charge in [0, 0.05) is 15.8 Å². The van der Waals surface area contributed by atoms with Crippen LogP contribution in [0.1, 0.15) is 43.8 Å². The fraction of sp³-hybridized carbons (Fsp3) is 0.238. The molecule has 7 heteroatoms. The quantitative estimate of drug-likeness (QED) is 0.557. The van der Waals surface area contributed by atoms with Crippen LogP contribution in [0.25, 0.3) is 11.1 Å². The second kappa shape index (κ2) is 7.85. The van der Waals surface area contributed by atoms with Gasteiger partial charge in [-0.2, -0.15) is 0 Å². The maximum atomic E-state index is 13.3. The first-order valence-electron chi connectivity index (χ1n) is 9.04. The Bertz CT molecular complexity index is 1020. The summed E-state index contributed by atoms with van der Waals surface area (Å²) in [5, 5.41) is 5.09. The largest absolute Gasteiger partial charge is 0.462 e. The van der Waals surface area contributed by atoms with Gasteiger partial charge in [0.2, 0.25) is 0 Å². The van der Waals surface area contributed by atoms with Crippen molar-refractivity contribution >= 4 is 39.6 Å². The summed E-state index contributed by atoms with van der Waals surface area (Å²) in [6.45, 7) is 1.95. The average molecular weight is 416 g/mol. The number of aryl methyl sites for hydroxylation is 2. The molecule has 4 nitrogen and oxygen atoms in total. The van der Waals surface area contributed by atoms with E-state index in [-0.39, 0.29) is 18.3 Å². The van der Waals surface area contributed by atoms with E-state index in [1.807, 2.05) is 6.07 Å². The fourth-order valence-electron chi connectivity index (χ4n) is 3.30. The number of anilines is 1. The topological polar surface area (TPSA) is 55.4 Å². The van der Waals surface area contributed by atoms with Gasteiger partial charge in [-0.05, 0) is 55.5 Å². The normalized spacial score (nSPS) is 12.6. The molecule has 1 N–H and O–H groups in total. The van der Waals surface area contributed by atoms with E-state index in [9.17, 15) is 14.0 Å². The van der Waals surface area contributed by atoms with Crippen molar-refractivity contribution in [3.8, 4) is 11.1 Å². The number of carbonyl (C=O) groups is 2. The van der Waals surface area contributed by atoms with Crippen molar-refractivity contribution in [2.24, 2.45) is 0 Å². The summed E-state index contributed by atoms with van der Waals surface area (Å²) in [5.74, 6) is -1.08. The Labute approximate surface area is 170 Å². The number of thiophene rings is 2. The first kappa shape index (κ1) is 18.8. The van der Waals surface area contributed by atoms with Gasteiger partial charge in [-0.3, -0.25) is 4.79 Å². The molecular weight excluding hydrogens is 397 g/mol. The number of amides is 1. The third-order valence-corrected chi connectivity index (χ3v) is 6.75. The van der Waals surface area contributed by atoms with E-state index < -0.39 is 5.97 Å². The monoisotopic (exact) mass is 415 g/mol. The Morgan fingerprint density at radius 1 is 1.21 bits per heavy atom. The van der Waals surface area contributed by atoms with Crippen molar-refractivity contribution in [2.45, 2.75) is 26.2 Å². The molecule has 1 amide bonds. The van der Waals surface area contributed by atoms with Gasteiger partial charge in [-0.25, -0.2) is 9.18 Å². The van der Waals surface area contributed by atoms with Crippen molar-refractivity contribution in [3.63, 3.8) is 0 Å². The summed E-state index contributed by atoms with van der Waals surface area (Å²) >= 11 is 2.77. The van der Waals surface area contributed by atoms with E-state index >= 15 is 0 Å². The van der Waals surface area contributed by atoms with Gasteiger partial charge in [-0.15, -0.1) is 22.7 Å². The van der Waals surface area contributed by atoms with E-state index in [1.54, 1.807) is 24.4 Å². The van der Waals surface area contributed by atoms with E-state index in [1.165, 1.54) is 45.2 Å². The lowest BCUT2D eigenvalue weighted by atomic mass is 10.0. The number of hydrogen-bond donors (Lipinski definition) is 1. The number of nitrogens with one attached hydrogen (secondary N) is 1. The second-order valence-corrected chi connectivity index (χ2v) is 8.46. The lowest BCUT2D eigenvalue weighted by Crippen LogP contribution is -2.14. The van der Waals surface area contributed by atoms with Gasteiger partial charge in [0.15, 0.2) is 0 Å². The summed E-state index contributed by atoms with van der Waals surface area (Å²) in [4.78, 5) is 27.2. The van der Waals surface area contributed by atoms with Crippen molar-refractivity contribution in [1.82, 2.24) is 0 Å². The third-order valence-electron chi connectivity index (χ3n) is 4.62. The minimum absolute atomic E-state index is 0.225. The molecule has 2 aromatic heterocycles. The van der Waals surface area contributed by atoms with Crippen molar-refractivity contribution in [3.05, 3.63) is 62.4 Å². The summed E-state index contributed by atoms with van der Waals surface area (Å²) < 4.78 is 18.5. The minimum atomic E-state index is -0.507. The lowest BCUT2D eigenvalue weighted by Gasteiger charge is -2.08. The lowest BCUT2D eigenvalue weighted by molar-refractivity contribution is 0.0529. The molecule has 1 aromatic carbocycles. The van der Waals surface area contributed by atoms with Crippen LogP contribution in [0, 0.1) is 5.82 Å². The maximum Gasteiger partial charge on any atom is 0.341 e. The molecule has 4 rings (SSSR count). The second-order valence-electron chi connectivity index (χ2n) is 6.45. The molecule has 0 saturated heterocycles. The smallest absolute Gasteiger partial charge is 0.341 e. The van der Waals surface area contributed by atoms with Crippen LogP contribution in [0.2, 0.25) is 0 Å². The number of benzene rings is 1. The van der Waals surface area contributed by atoms with Gasteiger partial charge in [0.1, 0.15) is 16.4 Å². The van der Waals surface area contributed by atoms with Crippen molar-refractivity contribution in [2.75, 3.05) is 11.9 Å². The number of carbonyl (C=O) groups excluding carboxylic acids is 2. The number of ether oxygens (including phenoxy) is 1. The first-order valence-corrected chi connectivity index (χ1v) is 10.7.